The van der Waals surface area contributed by atoms with Gasteiger partial charge in [-0.1, -0.05) is 46.3 Å². The van der Waals surface area contributed by atoms with Crippen LogP contribution in [0.5, 0.6) is 0 Å². The number of aliphatic hydroxyl groups is 6. The van der Waals surface area contributed by atoms with Gasteiger partial charge in [0, 0.05) is 0 Å². The molecule has 45 heavy (non-hydrogen) atoms. The van der Waals surface area contributed by atoms with Crippen LogP contribution in [-0.2, 0) is 9.47 Å². The van der Waals surface area contributed by atoms with Crippen LogP contribution in [0.15, 0.2) is 11.6 Å². The standard InChI is InChI=1S/C37H64O8/c1-21(2)10-9-14-37(8,44-20-25-31(42)32(43)30(41)24(19-38)45-25)22-11-16-36(7)29(22)23(39)18-27-34(5)15-13-28(40)33(3,4)26(34)12-17-35(27,36)6/h10,22-32,38-43H,9,11-20H2,1-8H3/t22?,23-,24?,25?,26?,27?,28?,29?,30-,31-,32-,34+,35-,36-,37+/m1/s1. The second-order valence-electron chi connectivity index (χ2n) is 17.6. The van der Waals surface area contributed by atoms with Crippen LogP contribution in [0.4, 0.5) is 0 Å². The Kier molecular flexibility index (Phi) is 9.83. The second kappa shape index (κ2) is 12.4. The van der Waals surface area contributed by atoms with Gasteiger partial charge >= 0.3 is 0 Å². The van der Waals surface area contributed by atoms with E-state index >= 15 is 0 Å². The molecule has 5 fully saturated rings. The number of rotatable bonds is 8. The van der Waals surface area contributed by atoms with E-state index in [-0.39, 0.29) is 46.2 Å². The molecule has 0 spiro atoms. The van der Waals surface area contributed by atoms with Crippen molar-refractivity contribution in [2.45, 2.75) is 162 Å². The highest BCUT2D eigenvalue weighted by atomic mass is 16.6. The SMILES string of the molecule is CC(C)=CCC[C@](C)(OCC1OC(CO)[C@@H](O)[C@@H](O)[C@@H]1O)C1CC[C@]2(C)C1[C@H](O)CC1[C@@]3(C)CCC(O)C(C)(C)C3CC[C@]12C. The maximum absolute atomic E-state index is 12.3. The van der Waals surface area contributed by atoms with Crippen LogP contribution >= 0.6 is 0 Å². The summed E-state index contributed by atoms with van der Waals surface area (Å²) in [4.78, 5) is 0. The number of fused-ring (bicyclic) bond motifs is 5. The van der Waals surface area contributed by atoms with Crippen molar-refractivity contribution in [1.29, 1.82) is 0 Å². The Labute approximate surface area is 271 Å². The van der Waals surface area contributed by atoms with Crippen molar-refractivity contribution in [3.05, 3.63) is 11.6 Å². The average molecular weight is 637 g/mol. The Hall–Kier alpha value is -0.580. The lowest BCUT2D eigenvalue weighted by Crippen LogP contribution is -2.66. The summed E-state index contributed by atoms with van der Waals surface area (Å²) in [5.41, 5.74) is 0.494. The molecule has 5 aliphatic rings. The van der Waals surface area contributed by atoms with Crippen molar-refractivity contribution in [3.8, 4) is 0 Å². The maximum Gasteiger partial charge on any atom is 0.111 e. The highest BCUT2D eigenvalue weighted by Gasteiger charge is 2.71. The van der Waals surface area contributed by atoms with E-state index in [0.717, 1.165) is 57.8 Å². The van der Waals surface area contributed by atoms with E-state index in [2.05, 4.69) is 61.5 Å². The summed E-state index contributed by atoms with van der Waals surface area (Å²) in [5.74, 6) is 0.929. The molecule has 6 N–H and O–H groups in total. The fourth-order valence-electron chi connectivity index (χ4n) is 12.0. The van der Waals surface area contributed by atoms with Crippen LogP contribution in [-0.4, -0.2) is 92.2 Å². The van der Waals surface area contributed by atoms with Gasteiger partial charge in [-0.15, -0.1) is 0 Å². The van der Waals surface area contributed by atoms with Crippen LogP contribution in [0, 0.1) is 45.3 Å². The molecule has 1 aliphatic heterocycles. The Morgan fingerprint density at radius 3 is 2.13 bits per heavy atom. The maximum atomic E-state index is 12.3. The van der Waals surface area contributed by atoms with Crippen LogP contribution in [0.1, 0.15) is 113 Å². The Balaban J connectivity index is 1.44. The summed E-state index contributed by atoms with van der Waals surface area (Å²) < 4.78 is 12.6. The molecular weight excluding hydrogens is 572 g/mol. The monoisotopic (exact) mass is 636 g/mol. The van der Waals surface area contributed by atoms with Gasteiger partial charge in [0.1, 0.15) is 30.5 Å². The van der Waals surface area contributed by atoms with Gasteiger partial charge in [-0.25, -0.2) is 0 Å². The summed E-state index contributed by atoms with van der Waals surface area (Å²) in [6.07, 6.45) is 3.73. The van der Waals surface area contributed by atoms with E-state index in [9.17, 15) is 30.6 Å². The van der Waals surface area contributed by atoms with E-state index in [1.54, 1.807) is 0 Å². The molecule has 1 heterocycles. The van der Waals surface area contributed by atoms with Gasteiger partial charge < -0.3 is 40.1 Å². The topological polar surface area (TPSA) is 140 Å². The van der Waals surface area contributed by atoms with Crippen molar-refractivity contribution in [2.75, 3.05) is 13.2 Å². The zero-order chi connectivity index (χ0) is 33.3. The second-order valence-corrected chi connectivity index (χ2v) is 17.6. The van der Waals surface area contributed by atoms with Gasteiger partial charge in [-0.2, -0.15) is 0 Å². The summed E-state index contributed by atoms with van der Waals surface area (Å²) in [5, 5.41) is 64.5. The molecule has 4 saturated carbocycles. The molecule has 0 amide bonds. The highest BCUT2D eigenvalue weighted by molar-refractivity contribution is 5.20. The van der Waals surface area contributed by atoms with E-state index in [1.807, 2.05) is 0 Å². The normalized spacial score (nSPS) is 50.6. The Morgan fingerprint density at radius 1 is 0.844 bits per heavy atom. The number of hydrogen-bond donors (Lipinski definition) is 6. The van der Waals surface area contributed by atoms with Gasteiger partial charge in [0.2, 0.25) is 0 Å². The summed E-state index contributed by atoms with van der Waals surface area (Å²) in [6, 6.07) is 0. The van der Waals surface area contributed by atoms with Crippen LogP contribution in [0.25, 0.3) is 0 Å². The minimum Gasteiger partial charge on any atom is -0.394 e. The quantitative estimate of drug-likeness (QED) is 0.216. The lowest BCUT2D eigenvalue weighted by Gasteiger charge is -2.70. The van der Waals surface area contributed by atoms with Crippen molar-refractivity contribution in [2.24, 2.45) is 45.3 Å². The lowest BCUT2D eigenvalue weighted by atomic mass is 9.35. The first-order valence-electron chi connectivity index (χ1n) is 17.8. The van der Waals surface area contributed by atoms with Gasteiger partial charge in [-0.05, 0) is 124 Å². The average Bonchev–Trinajstić information content (AvgIpc) is 3.35. The van der Waals surface area contributed by atoms with Gasteiger partial charge in [-0.3, -0.25) is 0 Å². The van der Waals surface area contributed by atoms with Crippen molar-refractivity contribution in [3.63, 3.8) is 0 Å². The van der Waals surface area contributed by atoms with Crippen molar-refractivity contribution < 1.29 is 40.1 Å². The van der Waals surface area contributed by atoms with Gasteiger partial charge in [0.05, 0.1) is 31.0 Å². The third-order valence-corrected chi connectivity index (χ3v) is 14.9. The minimum absolute atomic E-state index is 0.0137. The number of allylic oxidation sites excluding steroid dienone is 2. The molecule has 7 unspecified atom stereocenters. The highest BCUT2D eigenvalue weighted by Crippen LogP contribution is 2.76. The number of hydrogen-bond acceptors (Lipinski definition) is 8. The first kappa shape index (κ1) is 35.7. The van der Waals surface area contributed by atoms with Crippen molar-refractivity contribution >= 4 is 0 Å². The first-order chi connectivity index (χ1) is 20.9. The fraction of sp³-hybridized carbons (Fsp3) is 0.946. The van der Waals surface area contributed by atoms with E-state index in [4.69, 9.17) is 9.47 Å². The molecule has 0 bridgehead atoms. The smallest absolute Gasteiger partial charge is 0.111 e. The third kappa shape index (κ3) is 5.59. The Bertz CT molecular complexity index is 1090. The molecule has 260 valence electrons. The number of aliphatic hydroxyl groups excluding tert-OH is 6. The predicted octanol–water partition coefficient (Wildman–Crippen LogP) is 4.37. The molecule has 0 aromatic heterocycles. The van der Waals surface area contributed by atoms with E-state index in [0.29, 0.717) is 11.8 Å². The summed E-state index contributed by atoms with van der Waals surface area (Å²) in [6.45, 7) is 17.8. The molecule has 15 atom stereocenters. The van der Waals surface area contributed by atoms with Gasteiger partial charge in [0.25, 0.3) is 0 Å². The molecule has 4 aliphatic carbocycles. The van der Waals surface area contributed by atoms with E-state index in [1.165, 1.54) is 5.57 Å². The van der Waals surface area contributed by atoms with Crippen molar-refractivity contribution in [1.82, 2.24) is 0 Å². The fourth-order valence-corrected chi connectivity index (χ4v) is 12.0. The van der Waals surface area contributed by atoms with Crippen LogP contribution in [0.2, 0.25) is 0 Å². The molecule has 8 heteroatoms. The number of ether oxygens (including phenoxy) is 2. The summed E-state index contributed by atoms with van der Waals surface area (Å²) >= 11 is 0. The molecular formula is C37H64O8. The summed E-state index contributed by atoms with van der Waals surface area (Å²) in [7, 11) is 0. The molecule has 5 rings (SSSR count). The molecule has 8 nitrogen and oxygen atoms in total. The van der Waals surface area contributed by atoms with E-state index < -0.39 is 48.8 Å². The van der Waals surface area contributed by atoms with Crippen LogP contribution in [0.3, 0.4) is 0 Å². The first-order valence-corrected chi connectivity index (χ1v) is 17.8. The van der Waals surface area contributed by atoms with Crippen LogP contribution < -0.4 is 0 Å². The predicted molar refractivity (Wildman–Crippen MR) is 173 cm³/mol. The largest absolute Gasteiger partial charge is 0.394 e. The molecule has 0 aromatic carbocycles. The zero-order valence-electron chi connectivity index (χ0n) is 29.2. The third-order valence-electron chi connectivity index (χ3n) is 14.9. The molecule has 1 saturated heterocycles. The Morgan fingerprint density at radius 2 is 1.49 bits per heavy atom. The molecule has 0 radical (unpaired) electrons. The lowest BCUT2D eigenvalue weighted by molar-refractivity contribution is -0.260. The zero-order valence-corrected chi connectivity index (χ0v) is 29.2. The minimum atomic E-state index is -1.43. The van der Waals surface area contributed by atoms with Gasteiger partial charge in [0.15, 0.2) is 0 Å². The molecule has 0 aromatic rings.